The number of carbonyl (C=O) groups is 2. The van der Waals surface area contributed by atoms with E-state index >= 15 is 0 Å². The van der Waals surface area contributed by atoms with Crippen molar-refractivity contribution in [2.24, 2.45) is 0 Å². The number of nitrogens with one attached hydrogen (secondary N) is 1. The third kappa shape index (κ3) is 5.11. The van der Waals surface area contributed by atoms with Crippen LogP contribution >= 0.6 is 11.3 Å². The van der Waals surface area contributed by atoms with Gasteiger partial charge in [0.15, 0.2) is 0 Å². The molecule has 2 amide bonds. The van der Waals surface area contributed by atoms with Crippen molar-refractivity contribution in [2.45, 2.75) is 38.6 Å². The molecule has 0 radical (unpaired) electrons. The number of halogens is 1. The average molecular weight is 556 g/mol. The molecular formula is C32H30FN3O3S. The first kappa shape index (κ1) is 26.2. The fraction of sp³-hybridized carbons (Fsp3) is 0.281. The monoisotopic (exact) mass is 555 g/mol. The molecule has 204 valence electrons. The molecule has 8 heteroatoms. The van der Waals surface area contributed by atoms with E-state index in [-0.39, 0.29) is 23.6 Å². The highest BCUT2D eigenvalue weighted by atomic mass is 32.1. The predicted molar refractivity (Wildman–Crippen MR) is 154 cm³/mol. The summed E-state index contributed by atoms with van der Waals surface area (Å²) in [5.41, 5.74) is 4.17. The quantitative estimate of drug-likeness (QED) is 0.304. The first-order valence-electron chi connectivity index (χ1n) is 13.7. The number of hydrogen-bond donors (Lipinski definition) is 1. The van der Waals surface area contributed by atoms with Crippen LogP contribution in [0.1, 0.15) is 51.2 Å². The maximum Gasteiger partial charge on any atom is 0.274 e. The second-order valence-electron chi connectivity index (χ2n) is 10.3. The molecule has 1 N–H and O–H groups in total. The molecule has 6 nitrogen and oxygen atoms in total. The summed E-state index contributed by atoms with van der Waals surface area (Å²) >= 11 is 1.33. The number of carbonyl (C=O) groups excluding carboxylic acids is 2. The highest BCUT2D eigenvalue weighted by molar-refractivity contribution is 7.18. The van der Waals surface area contributed by atoms with Gasteiger partial charge in [0, 0.05) is 47.8 Å². The number of nitrogens with zero attached hydrogens (tertiary/aromatic N) is 2. The summed E-state index contributed by atoms with van der Waals surface area (Å²) in [5.74, 6) is -0.0308. The lowest BCUT2D eigenvalue weighted by Crippen LogP contribution is -2.49. The smallest absolute Gasteiger partial charge is 0.274 e. The van der Waals surface area contributed by atoms with Gasteiger partial charge in [0.2, 0.25) is 0 Å². The number of benzene rings is 3. The van der Waals surface area contributed by atoms with Crippen LogP contribution in [0.15, 0.2) is 66.7 Å². The van der Waals surface area contributed by atoms with Crippen LogP contribution < -0.4 is 10.1 Å². The van der Waals surface area contributed by atoms with Gasteiger partial charge >= 0.3 is 0 Å². The molecule has 1 saturated heterocycles. The van der Waals surface area contributed by atoms with Crippen LogP contribution in [-0.2, 0) is 6.42 Å². The molecule has 2 aliphatic rings. The normalized spacial score (nSPS) is 16.4. The van der Waals surface area contributed by atoms with Gasteiger partial charge in [-0.05, 0) is 44.4 Å². The van der Waals surface area contributed by atoms with Crippen LogP contribution in [0.2, 0.25) is 0 Å². The lowest BCUT2D eigenvalue weighted by molar-refractivity contribution is 0.0598. The summed E-state index contributed by atoms with van der Waals surface area (Å²) in [6, 6.07) is 19.8. The minimum Gasteiger partial charge on any atom is -0.493 e. The van der Waals surface area contributed by atoms with Crippen LogP contribution in [-0.4, -0.2) is 47.4 Å². The average Bonchev–Trinajstić information content (AvgIpc) is 3.64. The molecule has 2 aliphatic heterocycles. The van der Waals surface area contributed by atoms with E-state index in [9.17, 15) is 14.0 Å². The van der Waals surface area contributed by atoms with Gasteiger partial charge in [-0.25, -0.2) is 9.37 Å². The van der Waals surface area contributed by atoms with E-state index in [0.717, 1.165) is 41.7 Å². The molecule has 3 heterocycles. The van der Waals surface area contributed by atoms with Crippen LogP contribution in [0.4, 0.5) is 4.39 Å². The molecule has 4 aromatic rings. The van der Waals surface area contributed by atoms with Crippen LogP contribution in [0.3, 0.4) is 0 Å². The number of hydrogen-bond acceptors (Lipinski definition) is 5. The fourth-order valence-corrected chi connectivity index (χ4v) is 6.56. The van der Waals surface area contributed by atoms with E-state index in [1.807, 2.05) is 49.4 Å². The Morgan fingerprint density at radius 2 is 1.90 bits per heavy atom. The minimum atomic E-state index is -0.391. The lowest BCUT2D eigenvalue weighted by atomic mass is 10.00. The van der Waals surface area contributed by atoms with Gasteiger partial charge in [-0.2, -0.15) is 0 Å². The Kier molecular flexibility index (Phi) is 7.34. The van der Waals surface area contributed by atoms with Gasteiger partial charge in [0.1, 0.15) is 22.3 Å². The number of ether oxygens (including phenoxy) is 1. The Morgan fingerprint density at radius 3 is 2.73 bits per heavy atom. The van der Waals surface area contributed by atoms with Crippen molar-refractivity contribution in [1.82, 2.24) is 15.2 Å². The summed E-state index contributed by atoms with van der Waals surface area (Å²) in [6.45, 7) is 3.48. The standard InChI is InChI=1S/C32H30FN3O3S/c1-20-12-14-21(15-13-20)31-35-28(29(40-31)25-8-2-3-10-26(25)33)32(38)36-17-5-4-7-22(36)19-34-30(37)24-9-6-11-27-23(24)16-18-39-27/h2-3,6,8-15,22H,4-5,7,16-19H2,1H3,(H,34,37)/t22-/m0/s1. The number of fused-ring (bicyclic) bond motifs is 1. The van der Waals surface area contributed by atoms with E-state index in [4.69, 9.17) is 9.72 Å². The Balaban J connectivity index is 1.28. The second kappa shape index (κ2) is 11.2. The molecule has 0 bridgehead atoms. The van der Waals surface area contributed by atoms with E-state index in [0.29, 0.717) is 47.1 Å². The topological polar surface area (TPSA) is 71.5 Å². The largest absolute Gasteiger partial charge is 0.493 e. The highest BCUT2D eigenvalue weighted by Crippen LogP contribution is 2.38. The number of amides is 2. The number of thiazole rings is 1. The van der Waals surface area contributed by atoms with Crippen molar-refractivity contribution in [3.05, 3.63) is 94.9 Å². The first-order valence-corrected chi connectivity index (χ1v) is 14.5. The summed E-state index contributed by atoms with van der Waals surface area (Å²) in [4.78, 5) is 34.3. The summed E-state index contributed by atoms with van der Waals surface area (Å²) in [5, 5.41) is 3.73. The third-order valence-electron chi connectivity index (χ3n) is 7.62. The maximum atomic E-state index is 15.0. The van der Waals surface area contributed by atoms with E-state index < -0.39 is 5.82 Å². The van der Waals surface area contributed by atoms with Crippen LogP contribution in [0, 0.1) is 12.7 Å². The zero-order chi connectivity index (χ0) is 27.6. The second-order valence-corrected chi connectivity index (χ2v) is 11.3. The van der Waals surface area contributed by atoms with E-state index in [1.54, 1.807) is 23.1 Å². The van der Waals surface area contributed by atoms with E-state index in [1.165, 1.54) is 17.4 Å². The van der Waals surface area contributed by atoms with Crippen molar-refractivity contribution < 1.29 is 18.7 Å². The number of piperidine rings is 1. The van der Waals surface area contributed by atoms with Gasteiger partial charge in [-0.3, -0.25) is 9.59 Å². The van der Waals surface area contributed by atoms with Crippen molar-refractivity contribution in [1.29, 1.82) is 0 Å². The maximum absolute atomic E-state index is 15.0. The van der Waals surface area contributed by atoms with Crippen molar-refractivity contribution in [3.8, 4) is 26.8 Å². The van der Waals surface area contributed by atoms with Gasteiger partial charge < -0.3 is 15.0 Å². The number of aryl methyl sites for hydroxylation is 1. The summed E-state index contributed by atoms with van der Waals surface area (Å²) in [7, 11) is 0. The molecule has 1 aromatic heterocycles. The van der Waals surface area contributed by atoms with Crippen molar-refractivity contribution in [3.63, 3.8) is 0 Å². The van der Waals surface area contributed by atoms with Gasteiger partial charge in [0.05, 0.1) is 11.5 Å². The van der Waals surface area contributed by atoms with E-state index in [2.05, 4.69) is 5.32 Å². The predicted octanol–water partition coefficient (Wildman–Crippen LogP) is 6.28. The van der Waals surface area contributed by atoms with Gasteiger partial charge in [0.25, 0.3) is 11.8 Å². The van der Waals surface area contributed by atoms with Crippen LogP contribution in [0.5, 0.6) is 5.75 Å². The lowest BCUT2D eigenvalue weighted by Gasteiger charge is -2.35. The molecule has 40 heavy (non-hydrogen) atoms. The number of rotatable bonds is 6. The van der Waals surface area contributed by atoms with Gasteiger partial charge in [-0.15, -0.1) is 11.3 Å². The summed E-state index contributed by atoms with van der Waals surface area (Å²) in [6.07, 6.45) is 3.30. The molecule has 1 atom stereocenters. The third-order valence-corrected chi connectivity index (χ3v) is 8.76. The molecule has 0 aliphatic carbocycles. The molecule has 0 saturated carbocycles. The minimum absolute atomic E-state index is 0.164. The molecule has 0 unspecified atom stereocenters. The van der Waals surface area contributed by atoms with Crippen molar-refractivity contribution >= 4 is 23.2 Å². The zero-order valence-corrected chi connectivity index (χ0v) is 23.1. The zero-order valence-electron chi connectivity index (χ0n) is 22.3. The molecule has 1 fully saturated rings. The van der Waals surface area contributed by atoms with Crippen LogP contribution in [0.25, 0.3) is 21.0 Å². The number of aromatic nitrogens is 1. The Bertz CT molecular complexity index is 1570. The highest BCUT2D eigenvalue weighted by Gasteiger charge is 2.32. The van der Waals surface area contributed by atoms with Crippen molar-refractivity contribution in [2.75, 3.05) is 19.7 Å². The fourth-order valence-electron chi connectivity index (χ4n) is 5.47. The Morgan fingerprint density at radius 1 is 1.07 bits per heavy atom. The summed E-state index contributed by atoms with van der Waals surface area (Å²) < 4.78 is 20.6. The van der Waals surface area contributed by atoms with Gasteiger partial charge in [-0.1, -0.05) is 54.1 Å². The Hall–Kier alpha value is -4.04. The Labute approximate surface area is 236 Å². The molecule has 0 spiro atoms. The first-order chi connectivity index (χ1) is 19.5. The molecule has 3 aromatic carbocycles. The molecular weight excluding hydrogens is 525 g/mol. The SMILES string of the molecule is Cc1ccc(-c2nc(C(=O)N3CCCC[C@H]3CNC(=O)c3cccc4c3CCO4)c(-c3ccccc3F)s2)cc1. The molecule has 6 rings (SSSR count). The number of likely N-dealkylation sites (tertiary alicyclic amines) is 1.